The van der Waals surface area contributed by atoms with Gasteiger partial charge in [0.1, 0.15) is 11.6 Å². The lowest BCUT2D eigenvalue weighted by atomic mass is 10.1. The number of amidine groups is 1. The van der Waals surface area contributed by atoms with E-state index in [4.69, 9.17) is 25.4 Å². The van der Waals surface area contributed by atoms with E-state index in [2.05, 4.69) is 10.6 Å². The summed E-state index contributed by atoms with van der Waals surface area (Å²) in [5.41, 5.74) is 8.13. The Morgan fingerprint density at radius 1 is 0.974 bits per heavy atom. The minimum Gasteiger partial charge on any atom is -0.490 e. The number of nitrogens with one attached hydrogen (secondary N) is 3. The number of anilines is 1. The summed E-state index contributed by atoms with van der Waals surface area (Å²) in [4.78, 5) is 24.8. The first-order valence-corrected chi connectivity index (χ1v) is 12.3. The lowest BCUT2D eigenvalue weighted by molar-refractivity contribution is -0.128. The maximum atomic E-state index is 13.5. The van der Waals surface area contributed by atoms with E-state index in [1.165, 1.54) is 6.92 Å². The van der Waals surface area contributed by atoms with Crippen molar-refractivity contribution >= 4 is 23.3 Å². The molecule has 0 radical (unpaired) electrons. The first-order chi connectivity index (χ1) is 18.2. The number of nitrogen functional groups attached to an aromatic ring is 1. The molecule has 1 atom stereocenters. The van der Waals surface area contributed by atoms with Crippen LogP contribution in [0.1, 0.15) is 50.5 Å². The number of benzene rings is 3. The lowest BCUT2D eigenvalue weighted by Gasteiger charge is -2.22. The molecular formula is C29H34N4O5. The van der Waals surface area contributed by atoms with Crippen LogP contribution in [-0.4, -0.2) is 30.4 Å². The third-order valence-corrected chi connectivity index (χ3v) is 5.30. The molecule has 3 aromatic carbocycles. The van der Waals surface area contributed by atoms with Crippen LogP contribution >= 0.6 is 0 Å². The first-order valence-electron chi connectivity index (χ1n) is 12.3. The zero-order chi connectivity index (χ0) is 27.7. The van der Waals surface area contributed by atoms with Crippen molar-refractivity contribution in [2.24, 2.45) is 5.73 Å². The van der Waals surface area contributed by atoms with E-state index in [1.807, 2.05) is 26.8 Å². The van der Waals surface area contributed by atoms with Gasteiger partial charge in [0.2, 0.25) is 12.0 Å². The second-order valence-corrected chi connectivity index (χ2v) is 8.84. The van der Waals surface area contributed by atoms with Crippen LogP contribution in [-0.2, 0) is 16.1 Å². The molecule has 1 unspecified atom stereocenters. The monoisotopic (exact) mass is 518 g/mol. The highest BCUT2D eigenvalue weighted by Crippen LogP contribution is 2.33. The number of hydrogen-bond acceptors (Lipinski definition) is 6. The third kappa shape index (κ3) is 7.99. The summed E-state index contributed by atoms with van der Waals surface area (Å²) in [6, 6.07) is 19.1. The van der Waals surface area contributed by atoms with Gasteiger partial charge in [-0.15, -0.1) is 0 Å². The first kappa shape index (κ1) is 28.0. The number of amides is 2. The molecule has 0 heterocycles. The molecular weight excluding hydrogens is 484 g/mol. The molecule has 0 aliphatic carbocycles. The molecule has 0 aliphatic heterocycles. The summed E-state index contributed by atoms with van der Waals surface area (Å²) in [5, 5.41) is 13.3. The molecule has 0 bridgehead atoms. The Morgan fingerprint density at radius 3 is 2.34 bits per heavy atom. The van der Waals surface area contributed by atoms with Crippen LogP contribution in [0.4, 0.5) is 5.69 Å². The van der Waals surface area contributed by atoms with Crippen LogP contribution in [0.3, 0.4) is 0 Å². The average Bonchev–Trinajstić information content (AvgIpc) is 2.87. The zero-order valence-corrected chi connectivity index (χ0v) is 22.0. The normalized spacial score (nSPS) is 11.4. The van der Waals surface area contributed by atoms with Crippen molar-refractivity contribution in [1.29, 1.82) is 5.41 Å². The third-order valence-electron chi connectivity index (χ3n) is 5.30. The van der Waals surface area contributed by atoms with E-state index < -0.39 is 6.10 Å². The molecule has 0 aliphatic rings. The highest BCUT2D eigenvalue weighted by atomic mass is 16.5. The van der Waals surface area contributed by atoms with Crippen LogP contribution < -0.4 is 30.6 Å². The van der Waals surface area contributed by atoms with Gasteiger partial charge in [0.25, 0.3) is 5.91 Å². The van der Waals surface area contributed by atoms with Gasteiger partial charge in [0.05, 0.1) is 12.7 Å². The molecule has 0 saturated carbocycles. The van der Waals surface area contributed by atoms with Crippen molar-refractivity contribution in [1.82, 2.24) is 5.32 Å². The molecule has 9 nitrogen and oxygen atoms in total. The number of hydrogen-bond donors (Lipinski definition) is 4. The Hall–Kier alpha value is -4.53. The van der Waals surface area contributed by atoms with Crippen LogP contribution in [0.5, 0.6) is 17.2 Å². The highest BCUT2D eigenvalue weighted by molar-refractivity contribution is 5.95. The summed E-state index contributed by atoms with van der Waals surface area (Å²) in [6.07, 6.45) is -1.06. The summed E-state index contributed by atoms with van der Waals surface area (Å²) >= 11 is 0. The van der Waals surface area contributed by atoms with Gasteiger partial charge < -0.3 is 30.6 Å². The Balaban J connectivity index is 1.89. The number of nitrogens with two attached hydrogens (primary N) is 1. The Bertz CT molecular complexity index is 1270. The maximum Gasteiger partial charge on any atom is 0.266 e. The number of carbonyl (C=O) groups excluding carboxylic acids is 2. The molecule has 0 saturated heterocycles. The molecule has 38 heavy (non-hydrogen) atoms. The van der Waals surface area contributed by atoms with E-state index in [0.717, 1.165) is 5.56 Å². The minimum atomic E-state index is -1.01. The van der Waals surface area contributed by atoms with Crippen molar-refractivity contribution in [3.8, 4) is 17.2 Å². The predicted octanol–water partition coefficient (Wildman–Crippen LogP) is 4.55. The topological polar surface area (TPSA) is 136 Å². The summed E-state index contributed by atoms with van der Waals surface area (Å²) in [5.74, 6) is 0.911. The van der Waals surface area contributed by atoms with Crippen molar-refractivity contribution in [2.75, 3.05) is 11.9 Å². The van der Waals surface area contributed by atoms with Gasteiger partial charge in [0, 0.05) is 30.3 Å². The van der Waals surface area contributed by atoms with E-state index in [1.54, 1.807) is 60.7 Å². The summed E-state index contributed by atoms with van der Waals surface area (Å²) < 4.78 is 17.8. The van der Waals surface area contributed by atoms with Crippen molar-refractivity contribution in [2.45, 2.75) is 46.4 Å². The number of rotatable bonds is 12. The van der Waals surface area contributed by atoms with E-state index in [9.17, 15) is 9.59 Å². The average molecular weight is 519 g/mol. The SMILES string of the molecule is CCOc1cc(C(Oc2ccc(C(=N)N)cc2)C(=O)NCc2cccc(NC(C)=O)c2)ccc1OC(C)C. The highest BCUT2D eigenvalue weighted by Gasteiger charge is 2.25. The summed E-state index contributed by atoms with van der Waals surface area (Å²) in [7, 11) is 0. The zero-order valence-electron chi connectivity index (χ0n) is 22.0. The fraction of sp³-hybridized carbons (Fsp3) is 0.276. The van der Waals surface area contributed by atoms with Gasteiger partial charge in [-0.25, -0.2) is 0 Å². The molecule has 0 fully saturated rings. The minimum absolute atomic E-state index is 0.0524. The van der Waals surface area contributed by atoms with Gasteiger partial charge in [-0.1, -0.05) is 18.2 Å². The van der Waals surface area contributed by atoms with Gasteiger partial charge in [0.15, 0.2) is 11.5 Å². The number of carbonyl (C=O) groups is 2. The smallest absolute Gasteiger partial charge is 0.266 e. The Labute approximate surface area is 222 Å². The summed E-state index contributed by atoms with van der Waals surface area (Å²) in [6.45, 7) is 7.81. The molecule has 5 N–H and O–H groups in total. The predicted molar refractivity (Wildman–Crippen MR) is 147 cm³/mol. The molecule has 0 spiro atoms. The van der Waals surface area contributed by atoms with Crippen molar-refractivity contribution < 1.29 is 23.8 Å². The largest absolute Gasteiger partial charge is 0.490 e. The molecule has 2 amide bonds. The molecule has 200 valence electrons. The van der Waals surface area contributed by atoms with Crippen LogP contribution in [0.25, 0.3) is 0 Å². The van der Waals surface area contributed by atoms with Crippen LogP contribution in [0.2, 0.25) is 0 Å². The molecule has 9 heteroatoms. The Morgan fingerprint density at radius 2 is 1.71 bits per heavy atom. The van der Waals surface area contributed by atoms with Crippen LogP contribution in [0.15, 0.2) is 66.7 Å². The van der Waals surface area contributed by atoms with Crippen molar-refractivity contribution in [3.63, 3.8) is 0 Å². The van der Waals surface area contributed by atoms with Gasteiger partial charge >= 0.3 is 0 Å². The molecule has 0 aromatic heterocycles. The number of ether oxygens (including phenoxy) is 3. The second kappa shape index (κ2) is 13.1. The van der Waals surface area contributed by atoms with Crippen molar-refractivity contribution in [3.05, 3.63) is 83.4 Å². The standard InChI is InChI=1S/C29H34N4O5/c1-5-36-26-16-22(11-14-25(26)37-18(2)3)27(38-24-12-9-21(10-13-24)28(30)31)29(35)32-17-20-7-6-8-23(15-20)33-19(4)34/h6-16,18,27H,5,17H2,1-4H3,(H3,30,31)(H,32,35)(H,33,34). The van der Waals surface area contributed by atoms with E-state index >= 15 is 0 Å². The molecule has 3 aromatic rings. The van der Waals surface area contributed by atoms with E-state index in [-0.39, 0.29) is 30.3 Å². The maximum absolute atomic E-state index is 13.5. The van der Waals surface area contributed by atoms with Gasteiger partial charge in [-0.05, 0) is 74.9 Å². The van der Waals surface area contributed by atoms with E-state index in [0.29, 0.717) is 40.7 Å². The van der Waals surface area contributed by atoms with Gasteiger partial charge in [-0.3, -0.25) is 15.0 Å². The van der Waals surface area contributed by atoms with Gasteiger partial charge in [-0.2, -0.15) is 0 Å². The molecule has 3 rings (SSSR count). The fourth-order valence-corrected chi connectivity index (χ4v) is 3.67. The lowest BCUT2D eigenvalue weighted by Crippen LogP contribution is -2.32. The second-order valence-electron chi connectivity index (χ2n) is 8.84. The Kier molecular flexibility index (Phi) is 9.70. The quantitative estimate of drug-likeness (QED) is 0.205. The van der Waals surface area contributed by atoms with Crippen LogP contribution in [0, 0.1) is 5.41 Å². The fourth-order valence-electron chi connectivity index (χ4n) is 3.67.